The minimum atomic E-state index is -1.30. The standard InChI is InChI=1S/C25H20ClFN2O4S/c26-22-20(34-19-7-2-1-6-18(19)29(32)33)12-17-21(22)15-4-3-5-16(25(30)31)24(15)28-23(17)13-8-10-14(27)11-9-13/h1-11,17,20-23,28H,12H2,(H,30,31)/p-1/t17-,20-,21-,22+,23-/m0/s1. The Balaban J connectivity index is 1.57. The van der Waals surface area contributed by atoms with Crippen LogP contribution in [0.15, 0.2) is 71.6 Å². The van der Waals surface area contributed by atoms with Gasteiger partial charge in [0.25, 0.3) is 5.69 Å². The number of benzene rings is 3. The third-order valence-corrected chi connectivity index (χ3v) is 8.75. The third-order valence-electron chi connectivity index (χ3n) is 6.64. The number of rotatable bonds is 5. The van der Waals surface area contributed by atoms with E-state index in [1.807, 2.05) is 6.07 Å². The van der Waals surface area contributed by atoms with E-state index >= 15 is 0 Å². The van der Waals surface area contributed by atoms with Gasteiger partial charge in [-0.1, -0.05) is 42.5 Å². The van der Waals surface area contributed by atoms with Crippen LogP contribution in [0, 0.1) is 21.8 Å². The number of hydrogen-bond donors (Lipinski definition) is 1. The first kappa shape index (κ1) is 22.7. The molecule has 3 aromatic rings. The predicted molar refractivity (Wildman–Crippen MR) is 127 cm³/mol. The van der Waals surface area contributed by atoms with Crippen LogP contribution in [-0.4, -0.2) is 21.5 Å². The fourth-order valence-corrected chi connectivity index (χ4v) is 7.13. The zero-order valence-corrected chi connectivity index (χ0v) is 19.3. The maximum absolute atomic E-state index is 13.6. The number of hydrogen-bond acceptors (Lipinski definition) is 6. The molecule has 174 valence electrons. The van der Waals surface area contributed by atoms with E-state index in [1.54, 1.807) is 36.4 Å². The number of halogens is 2. The lowest BCUT2D eigenvalue weighted by atomic mass is 9.76. The summed E-state index contributed by atoms with van der Waals surface area (Å²) >= 11 is 8.40. The highest BCUT2D eigenvalue weighted by Gasteiger charge is 2.50. The Morgan fingerprint density at radius 1 is 1.09 bits per heavy atom. The lowest BCUT2D eigenvalue weighted by Gasteiger charge is -2.39. The van der Waals surface area contributed by atoms with Crippen LogP contribution in [0.5, 0.6) is 0 Å². The van der Waals surface area contributed by atoms with Gasteiger partial charge in [-0.3, -0.25) is 10.1 Å². The quantitative estimate of drug-likeness (QED) is 0.298. The van der Waals surface area contributed by atoms with E-state index in [2.05, 4.69) is 5.32 Å². The molecule has 1 N–H and O–H groups in total. The van der Waals surface area contributed by atoms with Crippen LogP contribution in [0.4, 0.5) is 15.8 Å². The Kier molecular flexibility index (Phi) is 5.95. The fraction of sp³-hybridized carbons (Fsp3) is 0.240. The number of carbonyl (C=O) groups excluding carboxylic acids is 1. The lowest BCUT2D eigenvalue weighted by Crippen LogP contribution is -2.33. The lowest BCUT2D eigenvalue weighted by molar-refractivity contribution is -0.387. The largest absolute Gasteiger partial charge is 0.545 e. The normalized spacial score (nSPS) is 25.2. The molecule has 0 aromatic heterocycles. The molecular formula is C25H19ClFN2O4S-. The van der Waals surface area contributed by atoms with Crippen LogP contribution in [0.2, 0.25) is 0 Å². The summed E-state index contributed by atoms with van der Waals surface area (Å²) in [5.41, 5.74) is 2.13. The van der Waals surface area contributed by atoms with Crippen molar-refractivity contribution >= 4 is 40.7 Å². The number of carbonyl (C=O) groups is 1. The molecule has 0 amide bonds. The number of carboxylic acid groups (broad SMARTS) is 1. The van der Waals surface area contributed by atoms with Gasteiger partial charge in [0, 0.05) is 28.5 Å². The van der Waals surface area contributed by atoms with Crippen LogP contribution in [-0.2, 0) is 0 Å². The van der Waals surface area contributed by atoms with Gasteiger partial charge in [0.05, 0.1) is 27.2 Å². The van der Waals surface area contributed by atoms with E-state index in [-0.39, 0.29) is 40.2 Å². The number of nitrogens with one attached hydrogen (secondary N) is 1. The summed E-state index contributed by atoms with van der Waals surface area (Å²) in [6.45, 7) is 0. The number of anilines is 1. The zero-order chi connectivity index (χ0) is 24.0. The number of nitro groups is 1. The molecule has 0 unspecified atom stereocenters. The monoisotopic (exact) mass is 497 g/mol. The second-order valence-electron chi connectivity index (χ2n) is 8.48. The van der Waals surface area contributed by atoms with Gasteiger partial charge in [-0.2, -0.15) is 0 Å². The smallest absolute Gasteiger partial charge is 0.282 e. The molecule has 0 saturated heterocycles. The SMILES string of the molecule is O=C([O-])c1cccc2c1N[C@@H](c1ccc(F)cc1)[C@H]1C[C@H](Sc3ccccc3[N+](=O)[O-])[C@@H](Cl)[C@@H]21. The van der Waals surface area contributed by atoms with Crippen molar-refractivity contribution in [3.8, 4) is 0 Å². The van der Waals surface area contributed by atoms with Crippen molar-refractivity contribution in [1.82, 2.24) is 0 Å². The van der Waals surface area contributed by atoms with Gasteiger partial charge in [-0.15, -0.1) is 23.4 Å². The van der Waals surface area contributed by atoms with Gasteiger partial charge >= 0.3 is 0 Å². The molecule has 1 heterocycles. The van der Waals surface area contributed by atoms with Gasteiger partial charge in [-0.05, 0) is 41.7 Å². The summed E-state index contributed by atoms with van der Waals surface area (Å²) in [7, 11) is 0. The Labute approximate surface area is 204 Å². The summed E-state index contributed by atoms with van der Waals surface area (Å²) in [6.07, 6.45) is 0.638. The van der Waals surface area contributed by atoms with Crippen molar-refractivity contribution in [3.63, 3.8) is 0 Å². The number of thioether (sulfide) groups is 1. The summed E-state index contributed by atoms with van der Waals surface area (Å²) in [4.78, 5) is 23.5. The maximum atomic E-state index is 13.6. The van der Waals surface area contributed by atoms with E-state index in [0.717, 1.165) is 11.1 Å². The molecule has 9 heteroatoms. The maximum Gasteiger partial charge on any atom is 0.282 e. The Hall–Kier alpha value is -3.10. The second kappa shape index (κ2) is 8.92. The van der Waals surface area contributed by atoms with Crippen LogP contribution >= 0.6 is 23.4 Å². The molecule has 6 nitrogen and oxygen atoms in total. The number of para-hydroxylation sites is 2. The number of nitrogens with zero attached hydrogens (tertiary/aromatic N) is 1. The Morgan fingerprint density at radius 2 is 1.82 bits per heavy atom. The van der Waals surface area contributed by atoms with Crippen molar-refractivity contribution in [3.05, 3.63) is 99.4 Å². The van der Waals surface area contributed by atoms with Gasteiger partial charge in [0.2, 0.25) is 0 Å². The van der Waals surface area contributed by atoms with E-state index in [4.69, 9.17) is 11.6 Å². The molecule has 0 bridgehead atoms. The Bertz CT molecular complexity index is 1270. The van der Waals surface area contributed by atoms with E-state index in [9.17, 15) is 24.4 Å². The van der Waals surface area contributed by atoms with Gasteiger partial charge in [0.1, 0.15) is 5.82 Å². The average molecular weight is 498 g/mol. The highest BCUT2D eigenvalue weighted by atomic mass is 35.5. The first-order chi connectivity index (χ1) is 16.3. The first-order valence-electron chi connectivity index (χ1n) is 10.8. The molecule has 3 aromatic carbocycles. The molecule has 34 heavy (non-hydrogen) atoms. The highest BCUT2D eigenvalue weighted by molar-refractivity contribution is 8.00. The number of aromatic carboxylic acids is 1. The molecule has 1 fully saturated rings. The third kappa shape index (κ3) is 3.91. The molecule has 1 aliphatic heterocycles. The van der Waals surface area contributed by atoms with Gasteiger partial charge < -0.3 is 15.2 Å². The van der Waals surface area contributed by atoms with Gasteiger partial charge in [-0.25, -0.2) is 4.39 Å². The number of carboxylic acids is 1. The summed E-state index contributed by atoms with van der Waals surface area (Å²) in [5, 5.41) is 26.2. The molecule has 5 atom stereocenters. The van der Waals surface area contributed by atoms with Crippen molar-refractivity contribution in [2.45, 2.75) is 33.9 Å². The molecule has 1 aliphatic carbocycles. The van der Waals surface area contributed by atoms with Crippen LogP contribution < -0.4 is 10.4 Å². The van der Waals surface area contributed by atoms with Crippen LogP contribution in [0.25, 0.3) is 0 Å². The van der Waals surface area contributed by atoms with E-state index in [0.29, 0.717) is 17.0 Å². The van der Waals surface area contributed by atoms with Crippen molar-refractivity contribution in [1.29, 1.82) is 0 Å². The fourth-order valence-electron chi connectivity index (χ4n) is 5.18. The zero-order valence-electron chi connectivity index (χ0n) is 17.7. The molecule has 5 rings (SSSR count). The second-order valence-corrected chi connectivity index (χ2v) is 10.3. The molecule has 0 spiro atoms. The molecule has 0 radical (unpaired) electrons. The van der Waals surface area contributed by atoms with Crippen molar-refractivity contribution in [2.24, 2.45) is 5.92 Å². The average Bonchev–Trinajstić information content (AvgIpc) is 3.15. The number of fused-ring (bicyclic) bond motifs is 3. The molecule has 1 saturated carbocycles. The Morgan fingerprint density at radius 3 is 2.53 bits per heavy atom. The summed E-state index contributed by atoms with van der Waals surface area (Å²) < 4.78 is 13.6. The first-order valence-corrected chi connectivity index (χ1v) is 12.1. The topological polar surface area (TPSA) is 95.3 Å². The van der Waals surface area contributed by atoms with E-state index in [1.165, 1.54) is 36.0 Å². The summed E-state index contributed by atoms with van der Waals surface area (Å²) in [5.74, 6) is -1.89. The molecule has 2 aliphatic rings. The minimum absolute atomic E-state index is 0.0269. The van der Waals surface area contributed by atoms with E-state index < -0.39 is 16.3 Å². The van der Waals surface area contributed by atoms with Crippen LogP contribution in [0.3, 0.4) is 0 Å². The summed E-state index contributed by atoms with van der Waals surface area (Å²) in [6, 6.07) is 17.4. The minimum Gasteiger partial charge on any atom is -0.545 e. The van der Waals surface area contributed by atoms with Crippen LogP contribution in [0.1, 0.15) is 39.9 Å². The highest BCUT2D eigenvalue weighted by Crippen LogP contribution is 2.58. The van der Waals surface area contributed by atoms with Crippen molar-refractivity contribution < 1.29 is 19.2 Å². The van der Waals surface area contributed by atoms with Crippen molar-refractivity contribution in [2.75, 3.05) is 5.32 Å². The predicted octanol–water partition coefficient (Wildman–Crippen LogP) is 5.14. The number of nitro benzene ring substituents is 1. The van der Waals surface area contributed by atoms with Gasteiger partial charge in [0.15, 0.2) is 0 Å². The number of alkyl halides is 1. The molecular weight excluding hydrogens is 479 g/mol.